The van der Waals surface area contributed by atoms with E-state index in [9.17, 15) is 9.59 Å². The van der Waals surface area contributed by atoms with Gasteiger partial charge in [0.1, 0.15) is 0 Å². The molecule has 3 aromatic rings. The molecule has 2 amide bonds. The molecule has 1 N–H and O–H groups in total. The summed E-state index contributed by atoms with van der Waals surface area (Å²) in [6.45, 7) is 0. The number of hydrogen-bond donors (Lipinski definition) is 1. The van der Waals surface area contributed by atoms with Crippen LogP contribution in [-0.4, -0.2) is 26.6 Å². The van der Waals surface area contributed by atoms with E-state index in [-0.39, 0.29) is 42.7 Å². The fraction of sp³-hybridized carbons (Fsp3) is 0.238. The van der Waals surface area contributed by atoms with Crippen molar-refractivity contribution in [3.8, 4) is 0 Å². The van der Waals surface area contributed by atoms with Crippen LogP contribution in [0.2, 0.25) is 0 Å². The third-order valence-corrected chi connectivity index (χ3v) is 5.32. The van der Waals surface area contributed by atoms with Gasteiger partial charge < -0.3 is 5.32 Å². The summed E-state index contributed by atoms with van der Waals surface area (Å²) in [6, 6.07) is 20.3. The Morgan fingerprint density at radius 3 is 2.11 bits per heavy atom. The van der Waals surface area contributed by atoms with Crippen molar-refractivity contribution in [1.82, 2.24) is 14.8 Å². The van der Waals surface area contributed by atoms with Crippen LogP contribution < -0.4 is 10.2 Å². The molecule has 1 aromatic heterocycles. The maximum Gasteiger partial charge on any atom is 0.260 e. The molecule has 28 heavy (non-hydrogen) atoms. The number of benzene rings is 2. The highest BCUT2D eigenvalue weighted by molar-refractivity contribution is 6.18. The highest BCUT2D eigenvalue weighted by atomic mass is 16.2. The molecule has 0 aliphatic carbocycles. The Balaban J connectivity index is 1.58. The monoisotopic (exact) mass is 373 g/mol. The van der Waals surface area contributed by atoms with Gasteiger partial charge in [-0.2, -0.15) is 4.98 Å². The summed E-state index contributed by atoms with van der Waals surface area (Å²) in [7, 11) is 0. The molecule has 2 aliphatic heterocycles. The number of hydrogen-bond acceptors (Lipinski definition) is 5. The van der Waals surface area contributed by atoms with Crippen molar-refractivity contribution in [3.63, 3.8) is 0 Å². The second-order valence-corrected chi connectivity index (χ2v) is 7.07. The van der Waals surface area contributed by atoms with Crippen LogP contribution in [0.1, 0.15) is 42.5 Å². The van der Waals surface area contributed by atoms with E-state index < -0.39 is 0 Å². The van der Waals surface area contributed by atoms with E-state index in [1.165, 1.54) is 0 Å². The first kappa shape index (κ1) is 16.7. The number of rotatable bonds is 3. The number of nitrogens with one attached hydrogen (secondary N) is 1. The minimum atomic E-state index is -0.246. The minimum Gasteiger partial charge on any atom is -0.347 e. The van der Waals surface area contributed by atoms with Gasteiger partial charge in [0.25, 0.3) is 5.95 Å². The average molecular weight is 373 g/mol. The number of imide groups is 1. The van der Waals surface area contributed by atoms with Crippen molar-refractivity contribution >= 4 is 23.7 Å². The van der Waals surface area contributed by atoms with E-state index in [1.807, 2.05) is 36.4 Å². The Morgan fingerprint density at radius 1 is 0.857 bits per heavy atom. The molecule has 140 valence electrons. The number of nitrogens with zero attached hydrogens (tertiary/aromatic N) is 4. The molecule has 2 aromatic carbocycles. The molecule has 3 heterocycles. The van der Waals surface area contributed by atoms with Gasteiger partial charge in [0.05, 0.1) is 12.1 Å². The summed E-state index contributed by atoms with van der Waals surface area (Å²) >= 11 is 0. The van der Waals surface area contributed by atoms with Crippen LogP contribution in [0.4, 0.5) is 11.9 Å². The standard InChI is InChI=1S/C21H19N5O2/c27-18-11-12-19(28)25(18)21-23-20-22-16(14-7-3-1-4-8-14)13-17(26(20)24-21)15-9-5-2-6-10-15/h1-10,16-17H,11-13H2,(H,22,23,24)/t16-,17-/m1/s1. The van der Waals surface area contributed by atoms with Crippen LogP contribution in [-0.2, 0) is 9.59 Å². The second kappa shape index (κ2) is 6.60. The van der Waals surface area contributed by atoms with Crippen molar-refractivity contribution in [2.24, 2.45) is 0 Å². The summed E-state index contributed by atoms with van der Waals surface area (Å²) in [5.41, 5.74) is 2.27. The molecule has 7 heteroatoms. The van der Waals surface area contributed by atoms with Crippen molar-refractivity contribution < 1.29 is 9.59 Å². The zero-order valence-electron chi connectivity index (χ0n) is 15.2. The highest BCUT2D eigenvalue weighted by Gasteiger charge is 2.37. The van der Waals surface area contributed by atoms with E-state index in [0.29, 0.717) is 5.95 Å². The maximum atomic E-state index is 12.1. The van der Waals surface area contributed by atoms with E-state index in [4.69, 9.17) is 0 Å². The van der Waals surface area contributed by atoms with Crippen LogP contribution in [0.15, 0.2) is 60.7 Å². The Labute approximate surface area is 162 Å². The number of carbonyl (C=O) groups is 2. The molecule has 2 aliphatic rings. The molecule has 0 bridgehead atoms. The molecule has 0 spiro atoms. The van der Waals surface area contributed by atoms with Crippen molar-refractivity contribution in [2.45, 2.75) is 31.3 Å². The summed E-state index contributed by atoms with van der Waals surface area (Å²) in [6.07, 6.45) is 1.21. The number of carbonyl (C=O) groups excluding carboxylic acids is 2. The van der Waals surface area contributed by atoms with Gasteiger partial charge in [-0.25, -0.2) is 9.58 Å². The lowest BCUT2D eigenvalue weighted by molar-refractivity contribution is -0.121. The largest absolute Gasteiger partial charge is 0.347 e. The third-order valence-electron chi connectivity index (χ3n) is 5.32. The zero-order chi connectivity index (χ0) is 19.1. The Kier molecular flexibility index (Phi) is 3.93. The smallest absolute Gasteiger partial charge is 0.260 e. The van der Waals surface area contributed by atoms with Gasteiger partial charge in [-0.15, -0.1) is 5.10 Å². The molecule has 1 fully saturated rings. The maximum absolute atomic E-state index is 12.1. The Morgan fingerprint density at radius 2 is 1.46 bits per heavy atom. The Hall–Kier alpha value is -3.48. The lowest BCUT2D eigenvalue weighted by Crippen LogP contribution is -2.30. The van der Waals surface area contributed by atoms with Crippen LogP contribution in [0.25, 0.3) is 0 Å². The fourth-order valence-corrected chi connectivity index (χ4v) is 3.92. The van der Waals surface area contributed by atoms with Gasteiger partial charge in [0, 0.05) is 12.8 Å². The van der Waals surface area contributed by atoms with Gasteiger partial charge in [-0.05, 0) is 17.5 Å². The summed E-state index contributed by atoms with van der Waals surface area (Å²) in [5, 5.41) is 7.97. The summed E-state index contributed by atoms with van der Waals surface area (Å²) < 4.78 is 1.79. The molecule has 0 radical (unpaired) electrons. The predicted octanol–water partition coefficient (Wildman–Crippen LogP) is 3.08. The van der Waals surface area contributed by atoms with Crippen LogP contribution >= 0.6 is 0 Å². The first-order valence-electron chi connectivity index (χ1n) is 9.39. The van der Waals surface area contributed by atoms with E-state index in [1.54, 1.807) is 4.68 Å². The first-order valence-corrected chi connectivity index (χ1v) is 9.39. The van der Waals surface area contributed by atoms with Crippen LogP contribution in [0, 0.1) is 0 Å². The highest BCUT2D eigenvalue weighted by Crippen LogP contribution is 2.38. The molecule has 0 saturated carbocycles. The van der Waals surface area contributed by atoms with E-state index in [0.717, 1.165) is 22.4 Å². The lowest BCUT2D eigenvalue weighted by Gasteiger charge is -2.31. The van der Waals surface area contributed by atoms with Crippen molar-refractivity contribution in [2.75, 3.05) is 10.2 Å². The Bertz CT molecular complexity index is 1020. The number of aromatic nitrogens is 3. The average Bonchev–Trinajstić information content (AvgIpc) is 3.30. The molecule has 1 saturated heterocycles. The predicted molar refractivity (Wildman–Crippen MR) is 104 cm³/mol. The quantitative estimate of drug-likeness (QED) is 0.714. The van der Waals surface area contributed by atoms with Gasteiger partial charge in [0.15, 0.2) is 0 Å². The fourth-order valence-electron chi connectivity index (χ4n) is 3.92. The number of fused-ring (bicyclic) bond motifs is 1. The van der Waals surface area contributed by atoms with Crippen molar-refractivity contribution in [3.05, 3.63) is 71.8 Å². The molecular formula is C21H19N5O2. The molecular weight excluding hydrogens is 354 g/mol. The minimum absolute atomic E-state index is 0.0447. The first-order chi connectivity index (χ1) is 13.7. The van der Waals surface area contributed by atoms with Gasteiger partial charge in [-0.3, -0.25) is 9.59 Å². The summed E-state index contributed by atoms with van der Waals surface area (Å²) in [5.74, 6) is 0.230. The molecule has 5 rings (SSSR count). The van der Waals surface area contributed by atoms with Gasteiger partial charge in [-0.1, -0.05) is 60.7 Å². The van der Waals surface area contributed by atoms with Crippen LogP contribution in [0.5, 0.6) is 0 Å². The molecule has 7 nitrogen and oxygen atoms in total. The topological polar surface area (TPSA) is 80.1 Å². The van der Waals surface area contributed by atoms with Gasteiger partial charge >= 0.3 is 0 Å². The number of amides is 2. The lowest BCUT2D eigenvalue weighted by atomic mass is 9.93. The SMILES string of the molecule is O=C1CCC(=O)N1c1nc2n(n1)[C@@H](c1ccccc1)C[C@H](c1ccccc1)N2. The second-order valence-electron chi connectivity index (χ2n) is 7.07. The van der Waals surface area contributed by atoms with Crippen LogP contribution in [0.3, 0.4) is 0 Å². The number of anilines is 2. The van der Waals surface area contributed by atoms with Gasteiger partial charge in [0.2, 0.25) is 17.8 Å². The van der Waals surface area contributed by atoms with E-state index in [2.05, 4.69) is 39.7 Å². The summed E-state index contributed by atoms with van der Waals surface area (Å²) in [4.78, 5) is 29.9. The normalized spacial score (nSPS) is 21.5. The van der Waals surface area contributed by atoms with Crippen molar-refractivity contribution in [1.29, 1.82) is 0 Å². The zero-order valence-corrected chi connectivity index (χ0v) is 15.2. The molecule has 2 atom stereocenters. The molecule has 0 unspecified atom stereocenters. The van der Waals surface area contributed by atoms with E-state index >= 15 is 0 Å². The third kappa shape index (κ3) is 2.76.